The fourth-order valence-electron chi connectivity index (χ4n) is 8.32. The molecule has 0 aliphatic carbocycles. The minimum Gasteiger partial charge on any atom is -0.512 e. The number of hydrogen-bond donors (Lipinski definition) is 1. The molecule has 0 unspecified atom stereocenters. The van der Waals surface area contributed by atoms with Crippen molar-refractivity contribution in [2.45, 2.75) is 100 Å². The Morgan fingerprint density at radius 1 is 0.804 bits per heavy atom. The first kappa shape index (κ1) is 44.5. The van der Waals surface area contributed by atoms with Crippen molar-refractivity contribution in [1.82, 2.24) is 4.98 Å². The van der Waals surface area contributed by atoms with Gasteiger partial charge >= 0.3 is 6.98 Å². The van der Waals surface area contributed by atoms with Gasteiger partial charge in [-0.05, 0) is 101 Å². The molecule has 0 saturated heterocycles. The maximum atomic E-state index is 11.7. The fourth-order valence-corrected chi connectivity index (χ4v) is 8.32. The zero-order valence-electron chi connectivity index (χ0n) is 35.7. The summed E-state index contributed by atoms with van der Waals surface area (Å²) in [7, 11) is 4.42. The Labute approximate surface area is 351 Å². The third-order valence-corrected chi connectivity index (χ3v) is 11.5. The van der Waals surface area contributed by atoms with Crippen LogP contribution in [0.15, 0.2) is 90.8 Å². The number of benzene rings is 4. The molecular formula is C49H61BIrN3O2-. The van der Waals surface area contributed by atoms with Gasteiger partial charge in [0.05, 0.1) is 5.76 Å². The summed E-state index contributed by atoms with van der Waals surface area (Å²) in [6.07, 6.45) is 6.83. The van der Waals surface area contributed by atoms with Gasteiger partial charge < -0.3 is 14.7 Å². The molecule has 0 fully saturated rings. The zero-order valence-corrected chi connectivity index (χ0v) is 38.1. The molecule has 5 nitrogen and oxygen atoms in total. The van der Waals surface area contributed by atoms with Gasteiger partial charge in [0.25, 0.3) is 0 Å². The van der Waals surface area contributed by atoms with Crippen molar-refractivity contribution in [2.75, 3.05) is 23.7 Å². The Kier molecular flexibility index (Phi) is 15.0. The number of carbonyl (C=O) groups is 1. The van der Waals surface area contributed by atoms with Crippen molar-refractivity contribution >= 4 is 40.4 Å². The number of aliphatic hydroxyl groups is 1. The molecule has 5 aromatic rings. The van der Waals surface area contributed by atoms with Gasteiger partial charge in [0.2, 0.25) is 0 Å². The summed E-state index contributed by atoms with van der Waals surface area (Å²) < 4.78 is 0. The van der Waals surface area contributed by atoms with Crippen molar-refractivity contribution < 1.29 is 30.0 Å². The van der Waals surface area contributed by atoms with Crippen molar-refractivity contribution in [3.8, 4) is 22.4 Å². The Morgan fingerprint density at radius 3 is 2.00 bits per heavy atom. The molecule has 6 rings (SSSR count). The van der Waals surface area contributed by atoms with E-state index in [1.54, 1.807) is 0 Å². The van der Waals surface area contributed by atoms with E-state index >= 15 is 0 Å². The molecule has 1 N–H and O–H groups in total. The van der Waals surface area contributed by atoms with Gasteiger partial charge in [-0.3, -0.25) is 9.78 Å². The van der Waals surface area contributed by atoms with Crippen LogP contribution in [-0.2, 0) is 30.3 Å². The molecule has 56 heavy (non-hydrogen) atoms. The molecule has 7 heteroatoms. The quantitative estimate of drug-likeness (QED) is 0.0654. The van der Waals surface area contributed by atoms with Crippen LogP contribution in [0.1, 0.15) is 96.4 Å². The average molecular weight is 927 g/mol. The topological polar surface area (TPSA) is 56.7 Å². The number of nitrogens with zero attached hydrogens (tertiary/aromatic N) is 3. The number of anilines is 2. The molecular weight excluding hydrogens is 866 g/mol. The summed E-state index contributed by atoms with van der Waals surface area (Å²) in [6.45, 7) is 21.7. The van der Waals surface area contributed by atoms with E-state index in [0.717, 1.165) is 47.9 Å². The summed E-state index contributed by atoms with van der Waals surface area (Å²) in [5.41, 5.74) is 13.6. The predicted octanol–water partition coefficient (Wildman–Crippen LogP) is 11.7. The number of aromatic nitrogens is 1. The summed E-state index contributed by atoms with van der Waals surface area (Å²) >= 11 is 0. The zero-order chi connectivity index (χ0) is 40.2. The van der Waals surface area contributed by atoms with E-state index in [-0.39, 0.29) is 55.9 Å². The first-order valence-electron chi connectivity index (χ1n) is 20.2. The van der Waals surface area contributed by atoms with Gasteiger partial charge in [-0.25, -0.2) is 0 Å². The minimum absolute atomic E-state index is 0. The third-order valence-electron chi connectivity index (χ3n) is 11.5. The van der Waals surface area contributed by atoms with E-state index in [0.29, 0.717) is 0 Å². The molecule has 1 aliphatic rings. The standard InChI is InChI=1S/C36H37BN3.C13H24O2.Ir/c1-23-17-24(2)35(25(3)18-23)37-39(7)33-14-13-26(22-34(33)40(37)8)27-15-16-38-32(21-27)29-19-28-11-9-10-12-30(28)31(20-29)36(4,5)6;1-5-10(6-2)12(14)9-13(15)11(7-3)8-4;/h9-18,20-22H,1-8H3;9-11,14H,5-8H2,1-4H3;/q-1;;/b;12-9-;. The first-order chi connectivity index (χ1) is 26.1. The van der Waals surface area contributed by atoms with Crippen molar-refractivity contribution in [3.63, 3.8) is 0 Å². The number of allylic oxidation sites excluding steroid dienone is 2. The molecule has 1 radical (unpaired) electrons. The van der Waals surface area contributed by atoms with Crippen LogP contribution in [0.25, 0.3) is 33.2 Å². The smallest absolute Gasteiger partial charge is 0.411 e. The number of rotatable bonds is 10. The molecule has 0 amide bonds. The van der Waals surface area contributed by atoms with Gasteiger partial charge in [0.1, 0.15) is 0 Å². The molecule has 0 atom stereocenters. The van der Waals surface area contributed by atoms with Crippen LogP contribution < -0.4 is 15.1 Å². The third kappa shape index (κ3) is 9.49. The molecule has 0 bridgehead atoms. The molecule has 4 aromatic carbocycles. The van der Waals surface area contributed by atoms with Gasteiger partial charge in [-0.2, -0.15) is 0 Å². The second kappa shape index (κ2) is 18.8. The number of fused-ring (bicyclic) bond motifs is 2. The van der Waals surface area contributed by atoms with Gasteiger partial charge in [0.15, 0.2) is 5.78 Å². The Hall–Kier alpha value is -4.19. The number of hydrogen-bond acceptors (Lipinski definition) is 5. The summed E-state index contributed by atoms with van der Waals surface area (Å²) in [6, 6.07) is 30.2. The predicted molar refractivity (Wildman–Crippen MR) is 237 cm³/mol. The maximum Gasteiger partial charge on any atom is 0.411 e. The monoisotopic (exact) mass is 927 g/mol. The van der Waals surface area contributed by atoms with Gasteiger partial charge in [0, 0.05) is 61.3 Å². The number of ketones is 1. The van der Waals surface area contributed by atoms with Crippen molar-refractivity contribution in [2.24, 2.45) is 11.8 Å². The molecule has 297 valence electrons. The molecule has 2 heterocycles. The van der Waals surface area contributed by atoms with Crippen LogP contribution >= 0.6 is 0 Å². The van der Waals surface area contributed by atoms with E-state index in [2.05, 4.69) is 144 Å². The van der Waals surface area contributed by atoms with Crippen LogP contribution in [0.5, 0.6) is 0 Å². The molecule has 0 spiro atoms. The first-order valence-corrected chi connectivity index (χ1v) is 20.2. The van der Waals surface area contributed by atoms with Crippen molar-refractivity contribution in [3.05, 3.63) is 119 Å². The number of aliphatic hydroxyl groups excluding tert-OH is 1. The molecule has 0 saturated carbocycles. The maximum absolute atomic E-state index is 11.7. The molecule has 1 aliphatic heterocycles. The summed E-state index contributed by atoms with van der Waals surface area (Å²) in [5, 5.41) is 12.1. The Balaban J connectivity index is 0.000000372. The van der Waals surface area contributed by atoms with Gasteiger partial charge in [-0.1, -0.05) is 119 Å². The molecule has 1 aromatic heterocycles. The minimum atomic E-state index is 0. The van der Waals surface area contributed by atoms with Crippen LogP contribution in [-0.4, -0.2) is 37.0 Å². The van der Waals surface area contributed by atoms with Crippen LogP contribution in [0.2, 0.25) is 0 Å². The van der Waals surface area contributed by atoms with E-state index in [4.69, 9.17) is 4.98 Å². The van der Waals surface area contributed by atoms with Gasteiger partial charge in [-0.15, -0.1) is 29.1 Å². The number of pyridine rings is 1. The second-order valence-corrected chi connectivity index (χ2v) is 16.4. The average Bonchev–Trinajstić information content (AvgIpc) is 3.39. The van der Waals surface area contributed by atoms with E-state index in [1.807, 2.05) is 33.9 Å². The fraction of sp³-hybridized carbons (Fsp3) is 0.388. The summed E-state index contributed by atoms with van der Waals surface area (Å²) in [5.74, 6) is 0.547. The number of carbonyl (C=O) groups excluding carboxylic acids is 1. The normalized spacial score (nSPS) is 12.9. The van der Waals surface area contributed by atoms with Crippen LogP contribution in [0, 0.1) is 38.7 Å². The van der Waals surface area contributed by atoms with E-state index in [1.165, 1.54) is 56.1 Å². The second-order valence-electron chi connectivity index (χ2n) is 16.4. The van der Waals surface area contributed by atoms with Crippen LogP contribution in [0.4, 0.5) is 11.4 Å². The largest absolute Gasteiger partial charge is 0.512 e. The van der Waals surface area contributed by atoms with Crippen LogP contribution in [0.3, 0.4) is 0 Å². The summed E-state index contributed by atoms with van der Waals surface area (Å²) in [4.78, 5) is 21.3. The van der Waals surface area contributed by atoms with Crippen molar-refractivity contribution in [1.29, 1.82) is 0 Å². The van der Waals surface area contributed by atoms with E-state index in [9.17, 15) is 9.90 Å². The Morgan fingerprint density at radius 2 is 1.39 bits per heavy atom. The Bertz CT molecular complexity index is 2160. The van der Waals surface area contributed by atoms with E-state index < -0.39 is 0 Å². The number of aryl methyl sites for hydroxylation is 3. The SMILES string of the molecule is CCC(CC)C(=O)/C=C(\O)C(CC)CC.Cc1cc(C)c(B2N(C)c3ccc(-c4ccnc(-c5[c-]c6ccccc6c(C(C)(C)C)c5)c4)cc3N2C)c(C)c1.[Ir].